The third kappa shape index (κ3) is 3.14. The second-order valence-electron chi connectivity index (χ2n) is 4.37. The van der Waals surface area contributed by atoms with Gasteiger partial charge in [0.1, 0.15) is 0 Å². The van der Waals surface area contributed by atoms with E-state index in [-0.39, 0.29) is 5.78 Å². The molecule has 0 aliphatic carbocycles. The van der Waals surface area contributed by atoms with Crippen LogP contribution in [0.2, 0.25) is 0 Å². The lowest BCUT2D eigenvalue weighted by molar-refractivity contribution is 0.0968. The van der Waals surface area contributed by atoms with Crippen LogP contribution in [0.4, 0.5) is 0 Å². The Labute approximate surface area is 96.3 Å². The zero-order chi connectivity index (χ0) is 11.2. The van der Waals surface area contributed by atoms with Crippen LogP contribution in [-0.2, 0) is 0 Å². The SMILES string of the molecule is O=C(CC1CCCCCN1)c1cccnc1. The maximum atomic E-state index is 11.9. The highest BCUT2D eigenvalue weighted by molar-refractivity contribution is 5.96. The molecule has 1 N–H and O–H groups in total. The number of nitrogens with one attached hydrogen (secondary N) is 1. The third-order valence-corrected chi connectivity index (χ3v) is 3.08. The van der Waals surface area contributed by atoms with Crippen molar-refractivity contribution >= 4 is 5.78 Å². The molecule has 1 aromatic rings. The summed E-state index contributed by atoms with van der Waals surface area (Å²) in [4.78, 5) is 15.9. The van der Waals surface area contributed by atoms with Crippen LogP contribution in [0.15, 0.2) is 24.5 Å². The Kier molecular flexibility index (Phi) is 4.05. The zero-order valence-corrected chi connectivity index (χ0v) is 9.48. The Morgan fingerprint density at radius 2 is 2.38 bits per heavy atom. The Bertz CT molecular complexity index is 329. The van der Waals surface area contributed by atoms with Crippen molar-refractivity contribution in [2.24, 2.45) is 0 Å². The lowest BCUT2D eigenvalue weighted by Gasteiger charge is -2.14. The second-order valence-corrected chi connectivity index (χ2v) is 4.37. The van der Waals surface area contributed by atoms with E-state index in [4.69, 9.17) is 0 Å². The molecule has 3 heteroatoms. The quantitative estimate of drug-likeness (QED) is 0.791. The normalized spacial score (nSPS) is 21.4. The van der Waals surface area contributed by atoms with Crippen LogP contribution in [0.5, 0.6) is 0 Å². The molecule has 1 aromatic heterocycles. The standard InChI is InChI=1S/C13H18N2O/c16-13(11-5-4-7-14-10-11)9-12-6-2-1-3-8-15-12/h4-5,7,10,12,15H,1-3,6,8-9H2. The highest BCUT2D eigenvalue weighted by atomic mass is 16.1. The van der Waals surface area contributed by atoms with E-state index in [0.29, 0.717) is 12.5 Å². The number of ketones is 1. The first kappa shape index (κ1) is 11.3. The summed E-state index contributed by atoms with van der Waals surface area (Å²) in [5.41, 5.74) is 0.730. The maximum absolute atomic E-state index is 11.9. The topological polar surface area (TPSA) is 42.0 Å². The van der Waals surface area contributed by atoms with Crippen LogP contribution in [0, 0.1) is 0 Å². The molecule has 0 aromatic carbocycles. The predicted molar refractivity (Wildman–Crippen MR) is 63.4 cm³/mol. The van der Waals surface area contributed by atoms with Crippen LogP contribution < -0.4 is 5.32 Å². The summed E-state index contributed by atoms with van der Waals surface area (Å²) < 4.78 is 0. The Morgan fingerprint density at radius 3 is 3.19 bits per heavy atom. The van der Waals surface area contributed by atoms with E-state index in [1.165, 1.54) is 19.3 Å². The summed E-state index contributed by atoms with van der Waals surface area (Å²) in [6, 6.07) is 4.01. The van der Waals surface area contributed by atoms with E-state index in [2.05, 4.69) is 10.3 Å². The molecule has 0 amide bonds. The minimum atomic E-state index is 0.201. The number of hydrogen-bond acceptors (Lipinski definition) is 3. The van der Waals surface area contributed by atoms with E-state index in [9.17, 15) is 4.79 Å². The maximum Gasteiger partial charge on any atom is 0.165 e. The fourth-order valence-corrected chi connectivity index (χ4v) is 2.14. The van der Waals surface area contributed by atoms with E-state index in [0.717, 1.165) is 18.5 Å². The summed E-state index contributed by atoms with van der Waals surface area (Å²) in [5, 5.41) is 3.44. The van der Waals surface area contributed by atoms with Gasteiger partial charge in [-0.05, 0) is 31.5 Å². The molecule has 3 nitrogen and oxygen atoms in total. The number of carbonyl (C=O) groups excluding carboxylic acids is 1. The van der Waals surface area contributed by atoms with Crippen LogP contribution in [0.3, 0.4) is 0 Å². The molecular formula is C13H18N2O. The molecule has 1 aliphatic heterocycles. The Morgan fingerprint density at radius 1 is 1.44 bits per heavy atom. The number of rotatable bonds is 3. The van der Waals surface area contributed by atoms with Gasteiger partial charge < -0.3 is 5.32 Å². The van der Waals surface area contributed by atoms with Crippen molar-refractivity contribution in [2.45, 2.75) is 38.1 Å². The van der Waals surface area contributed by atoms with Crippen molar-refractivity contribution < 1.29 is 4.79 Å². The van der Waals surface area contributed by atoms with Gasteiger partial charge in [0, 0.05) is 30.4 Å². The molecule has 0 radical (unpaired) electrons. The van der Waals surface area contributed by atoms with Crippen LogP contribution in [0.25, 0.3) is 0 Å². The van der Waals surface area contributed by atoms with Gasteiger partial charge in [0.25, 0.3) is 0 Å². The van der Waals surface area contributed by atoms with Crippen molar-refractivity contribution in [2.75, 3.05) is 6.54 Å². The Balaban J connectivity index is 1.91. The lowest BCUT2D eigenvalue weighted by Crippen LogP contribution is -2.30. The summed E-state index contributed by atoms with van der Waals surface area (Å²) >= 11 is 0. The van der Waals surface area contributed by atoms with Crippen LogP contribution in [-0.4, -0.2) is 23.4 Å². The van der Waals surface area contributed by atoms with E-state index >= 15 is 0 Å². The zero-order valence-electron chi connectivity index (χ0n) is 9.48. The first-order valence-corrected chi connectivity index (χ1v) is 6.03. The number of nitrogens with zero attached hydrogens (tertiary/aromatic N) is 1. The molecule has 86 valence electrons. The average Bonchev–Trinajstić information content (AvgIpc) is 2.59. The molecule has 1 saturated heterocycles. The van der Waals surface area contributed by atoms with E-state index in [1.807, 2.05) is 12.1 Å². The molecule has 0 bridgehead atoms. The number of carbonyl (C=O) groups is 1. The van der Waals surface area contributed by atoms with Gasteiger partial charge in [-0.2, -0.15) is 0 Å². The fraction of sp³-hybridized carbons (Fsp3) is 0.538. The van der Waals surface area contributed by atoms with Crippen molar-refractivity contribution in [3.8, 4) is 0 Å². The Hall–Kier alpha value is -1.22. The van der Waals surface area contributed by atoms with Crippen molar-refractivity contribution in [1.29, 1.82) is 0 Å². The number of pyridine rings is 1. The van der Waals surface area contributed by atoms with Gasteiger partial charge in [-0.25, -0.2) is 0 Å². The van der Waals surface area contributed by atoms with Crippen molar-refractivity contribution in [1.82, 2.24) is 10.3 Å². The first-order chi connectivity index (χ1) is 7.86. The summed E-state index contributed by atoms with van der Waals surface area (Å²) in [7, 11) is 0. The second kappa shape index (κ2) is 5.75. The van der Waals surface area contributed by atoms with Gasteiger partial charge in [0.15, 0.2) is 5.78 Å². The molecule has 2 heterocycles. The van der Waals surface area contributed by atoms with Gasteiger partial charge in [0.2, 0.25) is 0 Å². The molecule has 1 aliphatic rings. The minimum Gasteiger partial charge on any atom is -0.314 e. The van der Waals surface area contributed by atoms with Gasteiger partial charge in [0.05, 0.1) is 0 Å². The van der Waals surface area contributed by atoms with Crippen molar-refractivity contribution in [3.05, 3.63) is 30.1 Å². The summed E-state index contributed by atoms with van der Waals surface area (Å²) in [5.74, 6) is 0.201. The molecule has 0 saturated carbocycles. The highest BCUT2D eigenvalue weighted by Crippen LogP contribution is 2.13. The minimum absolute atomic E-state index is 0.201. The van der Waals surface area contributed by atoms with E-state index < -0.39 is 0 Å². The van der Waals surface area contributed by atoms with Gasteiger partial charge in [-0.15, -0.1) is 0 Å². The third-order valence-electron chi connectivity index (χ3n) is 3.08. The van der Waals surface area contributed by atoms with Gasteiger partial charge >= 0.3 is 0 Å². The molecule has 0 spiro atoms. The molecule has 16 heavy (non-hydrogen) atoms. The average molecular weight is 218 g/mol. The molecule has 1 fully saturated rings. The molecule has 1 atom stereocenters. The smallest absolute Gasteiger partial charge is 0.165 e. The van der Waals surface area contributed by atoms with E-state index in [1.54, 1.807) is 12.4 Å². The first-order valence-electron chi connectivity index (χ1n) is 6.03. The number of hydrogen-bond donors (Lipinski definition) is 1. The summed E-state index contributed by atoms with van der Waals surface area (Å²) in [6.07, 6.45) is 8.82. The lowest BCUT2D eigenvalue weighted by atomic mass is 10.0. The molecular weight excluding hydrogens is 200 g/mol. The van der Waals surface area contributed by atoms with Crippen LogP contribution in [0.1, 0.15) is 42.5 Å². The number of aromatic nitrogens is 1. The fourth-order valence-electron chi connectivity index (χ4n) is 2.14. The number of Topliss-reactive ketones (excluding diaryl/α,β-unsaturated/α-hetero) is 1. The molecule has 2 rings (SSSR count). The highest BCUT2D eigenvalue weighted by Gasteiger charge is 2.16. The predicted octanol–water partition coefficient (Wildman–Crippen LogP) is 2.19. The summed E-state index contributed by atoms with van der Waals surface area (Å²) in [6.45, 7) is 1.05. The van der Waals surface area contributed by atoms with Crippen molar-refractivity contribution in [3.63, 3.8) is 0 Å². The van der Waals surface area contributed by atoms with Crippen LogP contribution >= 0.6 is 0 Å². The molecule has 1 unspecified atom stereocenters. The van der Waals surface area contributed by atoms with Gasteiger partial charge in [-0.3, -0.25) is 9.78 Å². The van der Waals surface area contributed by atoms with Gasteiger partial charge in [-0.1, -0.05) is 12.8 Å². The largest absolute Gasteiger partial charge is 0.314 e. The monoisotopic (exact) mass is 218 g/mol.